The van der Waals surface area contributed by atoms with Gasteiger partial charge in [-0.25, -0.2) is 4.39 Å². The molecule has 0 bridgehead atoms. The van der Waals surface area contributed by atoms with Crippen molar-refractivity contribution in [3.8, 4) is 17.3 Å². The van der Waals surface area contributed by atoms with Gasteiger partial charge < -0.3 is 0 Å². The van der Waals surface area contributed by atoms with Crippen LogP contribution in [0.4, 0.5) is 4.39 Å². The van der Waals surface area contributed by atoms with Gasteiger partial charge in [-0.2, -0.15) is 5.26 Å². The SMILES string of the molecule is Cc1cc(-c2cccc(F)c2)nnc1C#N. The first kappa shape index (κ1) is 10.2. The molecule has 3 nitrogen and oxygen atoms in total. The van der Waals surface area contributed by atoms with Gasteiger partial charge >= 0.3 is 0 Å². The second-order valence-corrected chi connectivity index (χ2v) is 3.38. The highest BCUT2D eigenvalue weighted by atomic mass is 19.1. The molecule has 1 aromatic carbocycles. The molecule has 0 aliphatic rings. The van der Waals surface area contributed by atoms with E-state index in [0.717, 1.165) is 5.56 Å². The lowest BCUT2D eigenvalue weighted by atomic mass is 10.1. The first-order chi connectivity index (χ1) is 7.70. The number of benzene rings is 1. The average Bonchev–Trinajstić information content (AvgIpc) is 2.29. The van der Waals surface area contributed by atoms with Gasteiger partial charge in [-0.3, -0.25) is 0 Å². The maximum atomic E-state index is 13.0. The summed E-state index contributed by atoms with van der Waals surface area (Å²) in [5, 5.41) is 16.4. The fraction of sp³-hybridized carbons (Fsp3) is 0.0833. The molecule has 0 fully saturated rings. The second-order valence-electron chi connectivity index (χ2n) is 3.38. The predicted octanol–water partition coefficient (Wildman–Crippen LogP) is 2.46. The maximum Gasteiger partial charge on any atom is 0.166 e. The minimum absolute atomic E-state index is 0.292. The summed E-state index contributed by atoms with van der Waals surface area (Å²) < 4.78 is 13.0. The number of nitriles is 1. The van der Waals surface area contributed by atoms with Crippen molar-refractivity contribution in [2.24, 2.45) is 0 Å². The molecule has 0 amide bonds. The van der Waals surface area contributed by atoms with Crippen LogP contribution in [-0.4, -0.2) is 10.2 Å². The first-order valence-electron chi connectivity index (χ1n) is 4.71. The van der Waals surface area contributed by atoms with Crippen molar-refractivity contribution in [3.63, 3.8) is 0 Å². The van der Waals surface area contributed by atoms with Crippen molar-refractivity contribution in [3.05, 3.63) is 47.4 Å². The van der Waals surface area contributed by atoms with Gasteiger partial charge in [0.1, 0.15) is 11.9 Å². The van der Waals surface area contributed by atoms with Crippen LogP contribution in [0.1, 0.15) is 11.3 Å². The Morgan fingerprint density at radius 3 is 2.69 bits per heavy atom. The smallest absolute Gasteiger partial charge is 0.166 e. The Bertz CT molecular complexity index is 573. The number of halogens is 1. The molecular formula is C12H8FN3. The van der Waals surface area contributed by atoms with Crippen LogP contribution in [0.25, 0.3) is 11.3 Å². The molecule has 0 unspecified atom stereocenters. The third-order valence-corrected chi connectivity index (χ3v) is 2.21. The Morgan fingerprint density at radius 2 is 2.06 bits per heavy atom. The third kappa shape index (κ3) is 1.89. The van der Waals surface area contributed by atoms with E-state index < -0.39 is 0 Å². The van der Waals surface area contributed by atoms with Gasteiger partial charge in [0.05, 0.1) is 5.69 Å². The number of hydrogen-bond acceptors (Lipinski definition) is 3. The molecule has 0 spiro atoms. The Balaban J connectivity index is 2.50. The van der Waals surface area contributed by atoms with Crippen LogP contribution in [0.15, 0.2) is 30.3 Å². The van der Waals surface area contributed by atoms with E-state index in [9.17, 15) is 4.39 Å². The van der Waals surface area contributed by atoms with Crippen molar-refractivity contribution in [1.82, 2.24) is 10.2 Å². The Hall–Kier alpha value is -2.28. The summed E-state index contributed by atoms with van der Waals surface area (Å²) in [6.45, 7) is 1.77. The number of rotatable bonds is 1. The Labute approximate surface area is 92.2 Å². The molecule has 16 heavy (non-hydrogen) atoms. The van der Waals surface area contributed by atoms with Crippen LogP contribution in [0.3, 0.4) is 0 Å². The molecule has 4 heteroatoms. The molecule has 2 aromatic rings. The first-order valence-corrected chi connectivity index (χ1v) is 4.71. The van der Waals surface area contributed by atoms with Gasteiger partial charge in [0.15, 0.2) is 5.69 Å². The van der Waals surface area contributed by atoms with E-state index in [2.05, 4.69) is 10.2 Å². The second kappa shape index (κ2) is 4.07. The molecule has 1 aromatic heterocycles. The molecule has 0 saturated carbocycles. The quantitative estimate of drug-likeness (QED) is 0.731. The molecule has 0 atom stereocenters. The Kier molecular flexibility index (Phi) is 2.61. The summed E-state index contributed by atoms with van der Waals surface area (Å²) in [6.07, 6.45) is 0. The largest absolute Gasteiger partial charge is 0.207 e. The van der Waals surface area contributed by atoms with Crippen molar-refractivity contribution in [2.45, 2.75) is 6.92 Å². The molecule has 78 valence electrons. The highest BCUT2D eigenvalue weighted by Gasteiger charge is 2.05. The van der Waals surface area contributed by atoms with Crippen molar-refractivity contribution < 1.29 is 4.39 Å². The normalized spacial score (nSPS) is 9.81. The van der Waals surface area contributed by atoms with E-state index in [1.165, 1.54) is 12.1 Å². The number of aryl methyl sites for hydroxylation is 1. The lowest BCUT2D eigenvalue weighted by Crippen LogP contribution is -1.94. The molecule has 1 heterocycles. The standard InChI is InChI=1S/C12H8FN3/c1-8-5-11(15-16-12(8)7-14)9-3-2-4-10(13)6-9/h2-6H,1H3. The van der Waals surface area contributed by atoms with E-state index in [1.54, 1.807) is 25.1 Å². The fourth-order valence-corrected chi connectivity index (χ4v) is 1.38. The van der Waals surface area contributed by atoms with Crippen molar-refractivity contribution in [2.75, 3.05) is 0 Å². The summed E-state index contributed by atoms with van der Waals surface area (Å²) in [7, 11) is 0. The molecule has 2 rings (SSSR count). The molecule has 0 N–H and O–H groups in total. The zero-order valence-electron chi connectivity index (χ0n) is 8.61. The number of aromatic nitrogens is 2. The minimum atomic E-state index is -0.318. The topological polar surface area (TPSA) is 49.6 Å². The fourth-order valence-electron chi connectivity index (χ4n) is 1.38. The van der Waals surface area contributed by atoms with E-state index in [-0.39, 0.29) is 5.82 Å². The van der Waals surface area contributed by atoms with E-state index in [0.29, 0.717) is 17.0 Å². The number of hydrogen-bond donors (Lipinski definition) is 0. The van der Waals surface area contributed by atoms with Crippen molar-refractivity contribution in [1.29, 1.82) is 5.26 Å². The highest BCUT2D eigenvalue weighted by molar-refractivity contribution is 5.59. The molecule has 0 aliphatic carbocycles. The average molecular weight is 213 g/mol. The van der Waals surface area contributed by atoms with E-state index in [4.69, 9.17) is 5.26 Å². The van der Waals surface area contributed by atoms with E-state index in [1.807, 2.05) is 6.07 Å². The zero-order chi connectivity index (χ0) is 11.5. The molecular weight excluding hydrogens is 205 g/mol. The summed E-state index contributed by atoms with van der Waals surface area (Å²) in [4.78, 5) is 0. The third-order valence-electron chi connectivity index (χ3n) is 2.21. The zero-order valence-corrected chi connectivity index (χ0v) is 8.61. The van der Waals surface area contributed by atoms with Crippen LogP contribution < -0.4 is 0 Å². The van der Waals surface area contributed by atoms with Gasteiger partial charge in [0.2, 0.25) is 0 Å². The molecule has 0 saturated heterocycles. The molecule has 0 aliphatic heterocycles. The van der Waals surface area contributed by atoms with Crippen LogP contribution in [0.5, 0.6) is 0 Å². The summed E-state index contributed by atoms with van der Waals surface area (Å²) in [5.41, 5.74) is 2.24. The highest BCUT2D eigenvalue weighted by Crippen LogP contribution is 2.18. The van der Waals surface area contributed by atoms with Gasteiger partial charge in [0, 0.05) is 5.56 Å². The van der Waals surface area contributed by atoms with Crippen molar-refractivity contribution >= 4 is 0 Å². The minimum Gasteiger partial charge on any atom is -0.207 e. The summed E-state index contributed by atoms with van der Waals surface area (Å²) in [6, 6.07) is 9.77. The van der Waals surface area contributed by atoms with Gasteiger partial charge in [0.25, 0.3) is 0 Å². The van der Waals surface area contributed by atoms with Crippen LogP contribution in [-0.2, 0) is 0 Å². The predicted molar refractivity (Wildman–Crippen MR) is 56.9 cm³/mol. The summed E-state index contributed by atoms with van der Waals surface area (Å²) >= 11 is 0. The summed E-state index contributed by atoms with van der Waals surface area (Å²) in [5.74, 6) is -0.318. The van der Waals surface area contributed by atoms with Gasteiger partial charge in [-0.15, -0.1) is 10.2 Å². The van der Waals surface area contributed by atoms with Gasteiger partial charge in [-0.1, -0.05) is 12.1 Å². The van der Waals surface area contributed by atoms with Crippen LogP contribution >= 0.6 is 0 Å². The van der Waals surface area contributed by atoms with Crippen LogP contribution in [0.2, 0.25) is 0 Å². The van der Waals surface area contributed by atoms with Crippen LogP contribution in [0, 0.1) is 24.1 Å². The molecule has 0 radical (unpaired) electrons. The monoisotopic (exact) mass is 213 g/mol. The lowest BCUT2D eigenvalue weighted by Gasteiger charge is -2.01. The number of nitrogens with zero attached hydrogens (tertiary/aromatic N) is 3. The lowest BCUT2D eigenvalue weighted by molar-refractivity contribution is 0.628. The Morgan fingerprint density at radius 1 is 1.25 bits per heavy atom. The van der Waals surface area contributed by atoms with E-state index >= 15 is 0 Å². The van der Waals surface area contributed by atoms with Gasteiger partial charge in [-0.05, 0) is 30.7 Å². The maximum absolute atomic E-state index is 13.0.